The van der Waals surface area contributed by atoms with Crippen molar-refractivity contribution >= 4 is 39.8 Å². The molecule has 1 aromatic carbocycles. The molecule has 184 valence electrons. The van der Waals surface area contributed by atoms with Gasteiger partial charge in [0.25, 0.3) is 0 Å². The van der Waals surface area contributed by atoms with E-state index >= 15 is 0 Å². The molecule has 3 aromatic rings. The average molecular weight is 536 g/mol. The Morgan fingerprint density at radius 2 is 2.09 bits per heavy atom. The SMILES string of the molecule is CC(Nc1nc(Cl)nn2c([C@H]3CCC(COP(O)CP(O)O)O3)cnc12)c1ccc(F)c(F)c1. The van der Waals surface area contributed by atoms with Crippen LogP contribution in [-0.2, 0) is 9.26 Å². The maximum absolute atomic E-state index is 13.6. The van der Waals surface area contributed by atoms with Crippen LogP contribution in [0.5, 0.6) is 0 Å². The number of fused-ring (bicyclic) bond motifs is 1. The molecule has 1 aliphatic heterocycles. The van der Waals surface area contributed by atoms with Crippen LogP contribution in [0.25, 0.3) is 5.65 Å². The summed E-state index contributed by atoms with van der Waals surface area (Å²) in [7, 11) is -4.14. The lowest BCUT2D eigenvalue weighted by molar-refractivity contribution is 0.0151. The molecule has 0 saturated carbocycles. The van der Waals surface area contributed by atoms with Crippen LogP contribution in [0.1, 0.15) is 43.2 Å². The molecule has 2 aromatic heterocycles. The van der Waals surface area contributed by atoms with E-state index in [1.807, 2.05) is 0 Å². The maximum Gasteiger partial charge on any atom is 0.243 e. The maximum atomic E-state index is 13.6. The highest BCUT2D eigenvalue weighted by atomic mass is 35.5. The fourth-order valence-corrected chi connectivity index (χ4v) is 5.31. The van der Waals surface area contributed by atoms with Crippen LogP contribution >= 0.6 is 28.4 Å². The summed E-state index contributed by atoms with van der Waals surface area (Å²) in [6.45, 7) is 1.88. The Morgan fingerprint density at radius 1 is 1.29 bits per heavy atom. The van der Waals surface area contributed by atoms with Crippen molar-refractivity contribution in [1.82, 2.24) is 19.6 Å². The number of nitrogens with zero attached hydrogens (tertiary/aromatic N) is 4. The van der Waals surface area contributed by atoms with Crippen molar-refractivity contribution in [3.63, 3.8) is 0 Å². The monoisotopic (exact) mass is 535 g/mol. The molecule has 0 radical (unpaired) electrons. The van der Waals surface area contributed by atoms with Crippen LogP contribution in [0, 0.1) is 11.6 Å². The van der Waals surface area contributed by atoms with E-state index < -0.39 is 34.4 Å². The summed E-state index contributed by atoms with van der Waals surface area (Å²) < 4.78 is 39.7. The molecule has 0 spiro atoms. The topological polar surface area (TPSA) is 134 Å². The predicted molar refractivity (Wildman–Crippen MR) is 122 cm³/mol. The summed E-state index contributed by atoms with van der Waals surface area (Å²) in [6, 6.07) is 3.21. The van der Waals surface area contributed by atoms with Gasteiger partial charge in [0.2, 0.25) is 5.28 Å². The van der Waals surface area contributed by atoms with Gasteiger partial charge in [0.05, 0.1) is 36.5 Å². The van der Waals surface area contributed by atoms with E-state index in [4.69, 9.17) is 30.6 Å². The second-order valence-electron chi connectivity index (χ2n) is 7.67. The summed E-state index contributed by atoms with van der Waals surface area (Å²) >= 11 is 6.14. The second-order valence-corrected chi connectivity index (χ2v) is 10.8. The Labute approximate surface area is 200 Å². The van der Waals surface area contributed by atoms with Crippen molar-refractivity contribution in [2.24, 2.45) is 0 Å². The van der Waals surface area contributed by atoms with Gasteiger partial charge in [-0.1, -0.05) is 6.07 Å². The van der Waals surface area contributed by atoms with Gasteiger partial charge >= 0.3 is 0 Å². The molecular formula is C19H22ClF2N5O5P2. The first-order valence-corrected chi connectivity index (χ1v) is 13.4. The van der Waals surface area contributed by atoms with Crippen LogP contribution in [0.2, 0.25) is 5.28 Å². The van der Waals surface area contributed by atoms with Gasteiger partial charge in [-0.05, 0) is 49.1 Å². The summed E-state index contributed by atoms with van der Waals surface area (Å²) in [5, 5.41) is 7.31. The molecule has 10 nitrogen and oxygen atoms in total. The normalized spacial score (nSPS) is 20.2. The molecule has 4 N–H and O–H groups in total. The number of halogens is 3. The second kappa shape index (κ2) is 11.0. The molecule has 1 saturated heterocycles. The van der Waals surface area contributed by atoms with Gasteiger partial charge in [-0.3, -0.25) is 0 Å². The number of ether oxygens (including phenoxy) is 1. The Balaban J connectivity index is 1.48. The van der Waals surface area contributed by atoms with Crippen LogP contribution in [0.3, 0.4) is 0 Å². The third-order valence-corrected chi connectivity index (χ3v) is 7.84. The number of hydrogen-bond donors (Lipinski definition) is 4. The summed E-state index contributed by atoms with van der Waals surface area (Å²) in [4.78, 5) is 36.2. The molecule has 34 heavy (non-hydrogen) atoms. The first kappa shape index (κ1) is 25.5. The highest BCUT2D eigenvalue weighted by molar-refractivity contribution is 7.63. The van der Waals surface area contributed by atoms with Gasteiger partial charge < -0.3 is 29.3 Å². The zero-order chi connectivity index (χ0) is 24.4. The van der Waals surface area contributed by atoms with Crippen molar-refractivity contribution < 1.29 is 32.7 Å². The van der Waals surface area contributed by atoms with Crippen molar-refractivity contribution in [1.29, 1.82) is 0 Å². The van der Waals surface area contributed by atoms with Crippen LogP contribution < -0.4 is 5.32 Å². The summed E-state index contributed by atoms with van der Waals surface area (Å²) in [6.07, 6.45) is 2.26. The Morgan fingerprint density at radius 3 is 2.82 bits per heavy atom. The van der Waals surface area contributed by atoms with E-state index in [2.05, 4.69) is 20.4 Å². The first-order valence-electron chi connectivity index (χ1n) is 10.2. The largest absolute Gasteiger partial charge is 0.366 e. The lowest BCUT2D eigenvalue weighted by Gasteiger charge is -2.17. The fourth-order valence-electron chi connectivity index (χ4n) is 3.62. The van der Waals surface area contributed by atoms with Crippen LogP contribution in [-0.4, -0.2) is 52.9 Å². The zero-order valence-electron chi connectivity index (χ0n) is 17.8. The van der Waals surface area contributed by atoms with Gasteiger partial charge in [-0.25, -0.2) is 18.3 Å². The molecule has 0 aliphatic carbocycles. The number of benzene rings is 1. The van der Waals surface area contributed by atoms with Crippen LogP contribution in [0.4, 0.5) is 14.6 Å². The Kier molecular flexibility index (Phi) is 8.22. The van der Waals surface area contributed by atoms with E-state index in [-0.39, 0.29) is 30.0 Å². The molecule has 0 bridgehead atoms. The minimum Gasteiger partial charge on any atom is -0.366 e. The van der Waals surface area contributed by atoms with Crippen molar-refractivity contribution in [2.45, 2.75) is 38.0 Å². The molecular weight excluding hydrogens is 514 g/mol. The summed E-state index contributed by atoms with van der Waals surface area (Å²) in [5.41, 5.74) is 1.54. The third-order valence-electron chi connectivity index (χ3n) is 5.25. The van der Waals surface area contributed by atoms with Gasteiger partial charge in [0.1, 0.15) is 6.10 Å². The molecule has 1 fully saturated rings. The smallest absolute Gasteiger partial charge is 0.243 e. The van der Waals surface area contributed by atoms with E-state index in [0.29, 0.717) is 35.6 Å². The Bertz CT molecular complexity index is 1160. The van der Waals surface area contributed by atoms with Gasteiger partial charge in [0, 0.05) is 0 Å². The number of rotatable bonds is 9. The van der Waals surface area contributed by atoms with Crippen molar-refractivity contribution in [2.75, 3.05) is 17.8 Å². The number of aromatic nitrogens is 4. The number of nitrogens with one attached hydrogen (secondary N) is 1. The minimum atomic E-state index is -2.22. The van der Waals surface area contributed by atoms with Crippen molar-refractivity contribution in [3.05, 3.63) is 52.6 Å². The average Bonchev–Trinajstić information content (AvgIpc) is 3.40. The lowest BCUT2D eigenvalue weighted by Crippen LogP contribution is -2.15. The predicted octanol–water partition coefficient (Wildman–Crippen LogP) is 4.02. The van der Waals surface area contributed by atoms with Crippen LogP contribution in [0.15, 0.2) is 24.4 Å². The Hall–Kier alpha value is -1.62. The minimum absolute atomic E-state index is 0.0416. The van der Waals surface area contributed by atoms with Crippen molar-refractivity contribution in [3.8, 4) is 0 Å². The highest BCUT2D eigenvalue weighted by Gasteiger charge is 2.31. The van der Waals surface area contributed by atoms with Gasteiger partial charge in [0.15, 0.2) is 39.9 Å². The molecule has 4 atom stereocenters. The quantitative estimate of drug-likeness (QED) is 0.300. The molecule has 0 amide bonds. The lowest BCUT2D eigenvalue weighted by atomic mass is 10.1. The number of hydrogen-bond acceptors (Lipinski definition) is 9. The van der Waals surface area contributed by atoms with Gasteiger partial charge in [-0.15, -0.1) is 5.10 Å². The van der Waals surface area contributed by atoms with E-state index in [1.165, 1.54) is 10.6 Å². The molecule has 15 heteroatoms. The molecule has 3 unspecified atom stereocenters. The van der Waals surface area contributed by atoms with E-state index in [0.717, 1.165) is 12.1 Å². The van der Waals surface area contributed by atoms with E-state index in [1.54, 1.807) is 13.1 Å². The number of imidazole rings is 1. The standard InChI is InChI=1S/C19H22ClF2N5O5P2/c1-10(11-2-4-13(21)14(22)6-11)24-17-18-23-7-15(27(18)26-19(20)25-17)16-5-3-12(32-16)8-31-34(30)9-33(28)29/h2,4,6-7,10,12,16,28-30H,3,5,8-9H2,1H3,(H,24,25,26)/t10?,12?,16-,34?/m1/s1. The molecule has 3 heterocycles. The zero-order valence-corrected chi connectivity index (χ0v) is 20.4. The molecule has 1 aliphatic rings. The van der Waals surface area contributed by atoms with Gasteiger partial charge in [-0.2, -0.15) is 4.98 Å². The number of anilines is 1. The van der Waals surface area contributed by atoms with E-state index in [9.17, 15) is 13.7 Å². The highest BCUT2D eigenvalue weighted by Crippen LogP contribution is 2.44. The fraction of sp³-hybridized carbons (Fsp3) is 0.421. The first-order chi connectivity index (χ1) is 16.2. The summed E-state index contributed by atoms with van der Waals surface area (Å²) in [5.74, 6) is -1.75. The molecule has 4 rings (SSSR count). The third kappa shape index (κ3) is 5.95.